The highest BCUT2D eigenvalue weighted by Gasteiger charge is 2.23. The first-order valence-corrected chi connectivity index (χ1v) is 6.20. The van der Waals surface area contributed by atoms with Gasteiger partial charge in [-0.05, 0) is 30.7 Å². The van der Waals surface area contributed by atoms with Crippen LogP contribution >= 0.6 is 0 Å². The monoisotopic (exact) mass is 259 g/mol. The van der Waals surface area contributed by atoms with Gasteiger partial charge in [0.2, 0.25) is 5.95 Å². The Kier molecular flexibility index (Phi) is 3.22. The normalized spacial score (nSPS) is 18.6. The van der Waals surface area contributed by atoms with Gasteiger partial charge < -0.3 is 10.2 Å². The van der Waals surface area contributed by atoms with Crippen molar-refractivity contribution in [2.45, 2.75) is 12.5 Å². The van der Waals surface area contributed by atoms with E-state index < -0.39 is 0 Å². The van der Waals surface area contributed by atoms with Gasteiger partial charge in [0, 0.05) is 24.8 Å². The summed E-state index contributed by atoms with van der Waals surface area (Å²) < 4.78 is 12.9. The molecule has 0 amide bonds. The average molecular weight is 259 g/mol. The van der Waals surface area contributed by atoms with Crippen molar-refractivity contribution in [1.82, 2.24) is 15.0 Å². The van der Waals surface area contributed by atoms with E-state index in [9.17, 15) is 4.39 Å². The Labute approximate surface area is 110 Å². The molecule has 3 rings (SSSR count). The van der Waals surface area contributed by atoms with Gasteiger partial charge in [0.05, 0.1) is 0 Å². The molecule has 98 valence electrons. The smallest absolute Gasteiger partial charge is 0.225 e. The zero-order valence-corrected chi connectivity index (χ0v) is 10.3. The molecule has 1 fully saturated rings. The summed E-state index contributed by atoms with van der Waals surface area (Å²) >= 11 is 0. The summed E-state index contributed by atoms with van der Waals surface area (Å²) in [5.74, 6) is 0.392. The van der Waals surface area contributed by atoms with Crippen molar-refractivity contribution < 1.29 is 4.39 Å². The third kappa shape index (κ3) is 2.78. The molecule has 0 spiro atoms. The second-order valence-electron chi connectivity index (χ2n) is 4.51. The molecular formula is C13H14FN5. The van der Waals surface area contributed by atoms with Crippen LogP contribution in [0.4, 0.5) is 16.0 Å². The van der Waals surface area contributed by atoms with Crippen molar-refractivity contribution >= 4 is 11.6 Å². The number of nitrogens with zero attached hydrogens (tertiary/aromatic N) is 4. The van der Waals surface area contributed by atoms with Crippen LogP contribution in [0.3, 0.4) is 0 Å². The summed E-state index contributed by atoms with van der Waals surface area (Å²) in [6.45, 7) is 1.80. The van der Waals surface area contributed by atoms with Crippen molar-refractivity contribution in [3.05, 3.63) is 42.7 Å². The molecule has 0 bridgehead atoms. The average Bonchev–Trinajstić information content (AvgIpc) is 2.89. The van der Waals surface area contributed by atoms with E-state index in [1.165, 1.54) is 24.8 Å². The Bertz CT molecular complexity index is 530. The van der Waals surface area contributed by atoms with E-state index in [2.05, 4.69) is 25.2 Å². The minimum Gasteiger partial charge on any atom is -0.369 e. The van der Waals surface area contributed by atoms with Crippen molar-refractivity contribution in [1.29, 1.82) is 0 Å². The molecule has 1 N–H and O–H groups in total. The van der Waals surface area contributed by atoms with E-state index in [0.29, 0.717) is 12.0 Å². The first kappa shape index (κ1) is 11.8. The lowest BCUT2D eigenvalue weighted by atomic mass is 10.3. The topological polar surface area (TPSA) is 53.9 Å². The summed E-state index contributed by atoms with van der Waals surface area (Å²) in [5, 5.41) is 3.27. The maximum absolute atomic E-state index is 12.9. The number of halogens is 1. The van der Waals surface area contributed by atoms with E-state index in [-0.39, 0.29) is 5.82 Å². The van der Waals surface area contributed by atoms with Crippen LogP contribution in [-0.2, 0) is 0 Å². The molecule has 0 aliphatic carbocycles. The molecule has 1 aliphatic rings. The molecule has 6 heteroatoms. The molecule has 1 atom stereocenters. The summed E-state index contributed by atoms with van der Waals surface area (Å²) in [6, 6.07) is 6.89. The summed E-state index contributed by atoms with van der Waals surface area (Å²) in [7, 11) is 0. The Morgan fingerprint density at radius 3 is 2.63 bits per heavy atom. The van der Waals surface area contributed by atoms with Crippen molar-refractivity contribution in [3.8, 4) is 0 Å². The van der Waals surface area contributed by atoms with E-state index in [0.717, 1.165) is 25.2 Å². The predicted molar refractivity (Wildman–Crippen MR) is 70.5 cm³/mol. The number of hydrogen-bond donors (Lipinski definition) is 1. The fraction of sp³-hybridized carbons (Fsp3) is 0.308. The molecule has 0 saturated carbocycles. The third-order valence-corrected chi connectivity index (χ3v) is 3.21. The van der Waals surface area contributed by atoms with E-state index in [4.69, 9.17) is 0 Å². The number of nitrogens with one attached hydrogen (secondary N) is 1. The highest BCUT2D eigenvalue weighted by Crippen LogP contribution is 2.21. The van der Waals surface area contributed by atoms with Gasteiger partial charge in [-0.25, -0.2) is 19.3 Å². The molecule has 19 heavy (non-hydrogen) atoms. The maximum atomic E-state index is 12.9. The molecule has 1 aromatic carbocycles. The Morgan fingerprint density at radius 1 is 1.16 bits per heavy atom. The van der Waals surface area contributed by atoms with Crippen molar-refractivity contribution in [3.63, 3.8) is 0 Å². The van der Waals surface area contributed by atoms with Crippen LogP contribution in [0, 0.1) is 5.82 Å². The second kappa shape index (κ2) is 5.17. The van der Waals surface area contributed by atoms with Crippen LogP contribution in [0.25, 0.3) is 0 Å². The Hall–Kier alpha value is -2.24. The minimum absolute atomic E-state index is 0.206. The van der Waals surface area contributed by atoms with Crippen LogP contribution in [-0.4, -0.2) is 34.1 Å². The van der Waals surface area contributed by atoms with Gasteiger partial charge in [-0.1, -0.05) is 0 Å². The SMILES string of the molecule is Fc1ccc(N2CCC(Nc3ncncn3)C2)cc1. The molecule has 2 heterocycles. The van der Waals surface area contributed by atoms with Crippen LogP contribution in [0.1, 0.15) is 6.42 Å². The zero-order valence-electron chi connectivity index (χ0n) is 10.3. The van der Waals surface area contributed by atoms with Crippen LogP contribution < -0.4 is 10.2 Å². The number of benzene rings is 1. The highest BCUT2D eigenvalue weighted by molar-refractivity contribution is 5.48. The Balaban J connectivity index is 1.62. The molecule has 1 saturated heterocycles. The van der Waals surface area contributed by atoms with Gasteiger partial charge in [0.15, 0.2) is 0 Å². The zero-order chi connectivity index (χ0) is 13.1. The minimum atomic E-state index is -0.206. The van der Waals surface area contributed by atoms with Gasteiger partial charge in [0.25, 0.3) is 0 Å². The molecule has 1 unspecified atom stereocenters. The van der Waals surface area contributed by atoms with Gasteiger partial charge in [-0.15, -0.1) is 0 Å². The fourth-order valence-electron chi connectivity index (χ4n) is 2.26. The van der Waals surface area contributed by atoms with Gasteiger partial charge in [0.1, 0.15) is 18.5 Å². The fourth-order valence-corrected chi connectivity index (χ4v) is 2.26. The number of hydrogen-bond acceptors (Lipinski definition) is 5. The summed E-state index contributed by atoms with van der Waals surface area (Å²) in [6.07, 6.45) is 3.95. The predicted octanol–water partition coefficient (Wildman–Crippen LogP) is 1.70. The van der Waals surface area contributed by atoms with Crippen LogP contribution in [0.15, 0.2) is 36.9 Å². The molecule has 1 aliphatic heterocycles. The maximum Gasteiger partial charge on any atom is 0.225 e. The highest BCUT2D eigenvalue weighted by atomic mass is 19.1. The van der Waals surface area contributed by atoms with Crippen molar-refractivity contribution in [2.75, 3.05) is 23.3 Å². The Morgan fingerprint density at radius 2 is 1.89 bits per heavy atom. The molecule has 2 aromatic rings. The van der Waals surface area contributed by atoms with Crippen molar-refractivity contribution in [2.24, 2.45) is 0 Å². The van der Waals surface area contributed by atoms with E-state index in [1.54, 1.807) is 12.1 Å². The number of aromatic nitrogens is 3. The summed E-state index contributed by atoms with van der Waals surface area (Å²) in [5.41, 5.74) is 1.04. The lowest BCUT2D eigenvalue weighted by Gasteiger charge is -2.18. The van der Waals surface area contributed by atoms with E-state index >= 15 is 0 Å². The molecular weight excluding hydrogens is 245 g/mol. The molecule has 5 nitrogen and oxygen atoms in total. The lowest BCUT2D eigenvalue weighted by molar-refractivity contribution is 0.627. The quantitative estimate of drug-likeness (QED) is 0.909. The number of anilines is 2. The standard InChI is InChI=1S/C13H14FN5/c14-10-1-3-12(4-2-10)19-6-5-11(7-19)18-13-16-8-15-9-17-13/h1-4,8-9,11H,5-7H2,(H,15,16,17,18). The first-order valence-electron chi connectivity index (χ1n) is 6.20. The second-order valence-corrected chi connectivity index (χ2v) is 4.51. The van der Waals surface area contributed by atoms with Crippen LogP contribution in [0.2, 0.25) is 0 Å². The van der Waals surface area contributed by atoms with Gasteiger partial charge >= 0.3 is 0 Å². The first-order chi connectivity index (χ1) is 9.31. The van der Waals surface area contributed by atoms with Crippen LogP contribution in [0.5, 0.6) is 0 Å². The number of rotatable bonds is 3. The van der Waals surface area contributed by atoms with Gasteiger partial charge in [-0.2, -0.15) is 0 Å². The summed E-state index contributed by atoms with van der Waals surface area (Å²) in [4.78, 5) is 14.1. The largest absolute Gasteiger partial charge is 0.369 e. The lowest BCUT2D eigenvalue weighted by Crippen LogP contribution is -2.26. The van der Waals surface area contributed by atoms with E-state index in [1.807, 2.05) is 0 Å². The molecule has 0 radical (unpaired) electrons. The van der Waals surface area contributed by atoms with Gasteiger partial charge in [-0.3, -0.25) is 0 Å². The third-order valence-electron chi connectivity index (χ3n) is 3.21. The molecule has 1 aromatic heterocycles.